The van der Waals surface area contributed by atoms with Crippen molar-refractivity contribution < 1.29 is 41.1 Å². The van der Waals surface area contributed by atoms with E-state index < -0.39 is 58.5 Å². The van der Waals surface area contributed by atoms with Crippen LogP contribution < -0.4 is 5.32 Å². The number of rotatable bonds is 3. The number of hydrogen-bond acceptors (Lipinski definition) is 3. The molecule has 2 aromatic carbocycles. The molecule has 0 spiro atoms. The van der Waals surface area contributed by atoms with E-state index in [-0.39, 0.29) is 23.6 Å². The number of benzene rings is 2. The fraction of sp³-hybridized carbons (Fsp3) is 0.263. The molecule has 3 rings (SSSR count). The molecule has 1 saturated heterocycles. The number of halogens is 6. The number of alkyl halides is 3. The second kappa shape index (κ2) is 7.98. The van der Waals surface area contributed by atoms with Gasteiger partial charge >= 0.3 is 6.18 Å². The first-order valence-electron chi connectivity index (χ1n) is 8.62. The maximum atomic E-state index is 13.9. The molecule has 0 radical (unpaired) electrons. The van der Waals surface area contributed by atoms with Crippen LogP contribution in [0.4, 0.5) is 32.0 Å². The topological polar surface area (TPSA) is 69.6 Å². The third-order valence-electron chi connectivity index (χ3n) is 4.82. The zero-order chi connectivity index (χ0) is 22.2. The van der Waals surface area contributed by atoms with Crippen molar-refractivity contribution in [3.63, 3.8) is 0 Å². The van der Waals surface area contributed by atoms with Crippen LogP contribution in [0.3, 0.4) is 0 Å². The molecule has 0 aliphatic carbocycles. The molecule has 2 amide bonds. The Balaban J connectivity index is 1.91. The van der Waals surface area contributed by atoms with Gasteiger partial charge in [0.25, 0.3) is 5.91 Å². The minimum absolute atomic E-state index is 0.0198. The summed E-state index contributed by atoms with van der Waals surface area (Å²) < 4.78 is 78.6. The summed E-state index contributed by atoms with van der Waals surface area (Å²) in [7, 11) is 0. The maximum absolute atomic E-state index is 13.9. The van der Waals surface area contributed by atoms with Crippen molar-refractivity contribution in [1.29, 1.82) is 0 Å². The van der Waals surface area contributed by atoms with Gasteiger partial charge in [-0.15, -0.1) is 0 Å². The van der Waals surface area contributed by atoms with Crippen molar-refractivity contribution in [3.05, 3.63) is 65.0 Å². The molecule has 30 heavy (non-hydrogen) atoms. The van der Waals surface area contributed by atoms with Crippen LogP contribution in [-0.4, -0.2) is 28.6 Å². The minimum Gasteiger partial charge on any atom is -0.323 e. The Kier molecular flexibility index (Phi) is 5.75. The van der Waals surface area contributed by atoms with E-state index in [4.69, 9.17) is 0 Å². The SMILES string of the molecule is O=C(Nc1ccc(F)c(F)c1F)[C@H]1C(=O)N(O)CC[C@@H]1c1ccc(C(F)(F)F)cc1. The molecule has 0 saturated carbocycles. The van der Waals surface area contributed by atoms with Gasteiger partial charge in [-0.25, -0.2) is 18.2 Å². The van der Waals surface area contributed by atoms with Crippen LogP contribution in [0.5, 0.6) is 0 Å². The van der Waals surface area contributed by atoms with E-state index in [0.717, 1.165) is 30.3 Å². The van der Waals surface area contributed by atoms with Gasteiger partial charge in [-0.2, -0.15) is 13.2 Å². The van der Waals surface area contributed by atoms with Crippen molar-refractivity contribution in [3.8, 4) is 0 Å². The van der Waals surface area contributed by atoms with E-state index in [1.807, 2.05) is 5.32 Å². The van der Waals surface area contributed by atoms with Gasteiger partial charge in [0, 0.05) is 12.5 Å². The zero-order valence-corrected chi connectivity index (χ0v) is 15.0. The normalized spacial score (nSPS) is 19.7. The Labute approximate surface area is 165 Å². The van der Waals surface area contributed by atoms with Gasteiger partial charge in [-0.1, -0.05) is 12.1 Å². The van der Waals surface area contributed by atoms with E-state index >= 15 is 0 Å². The Morgan fingerprint density at radius 3 is 2.27 bits per heavy atom. The largest absolute Gasteiger partial charge is 0.416 e. The summed E-state index contributed by atoms with van der Waals surface area (Å²) in [6, 6.07) is 5.11. The highest BCUT2D eigenvalue weighted by Crippen LogP contribution is 2.36. The molecule has 1 heterocycles. The van der Waals surface area contributed by atoms with Gasteiger partial charge in [0.1, 0.15) is 5.92 Å². The molecule has 0 bridgehead atoms. The fourth-order valence-corrected chi connectivity index (χ4v) is 3.28. The second-order valence-corrected chi connectivity index (χ2v) is 6.67. The summed E-state index contributed by atoms with van der Waals surface area (Å²) in [5.41, 5.74) is -1.44. The van der Waals surface area contributed by atoms with Gasteiger partial charge < -0.3 is 5.32 Å². The standard InChI is InChI=1S/C19H14F6N2O3/c20-12-5-6-13(16(22)15(12)21)26-17(28)14-11(7-8-27(30)18(14)29)9-1-3-10(4-2-9)19(23,24)25/h1-6,11,14,30H,7-8H2,(H,26,28)/t11-,14+/m1/s1. The quantitative estimate of drug-likeness (QED) is 0.332. The Morgan fingerprint density at radius 1 is 1.03 bits per heavy atom. The predicted molar refractivity (Wildman–Crippen MR) is 90.7 cm³/mol. The summed E-state index contributed by atoms with van der Waals surface area (Å²) in [5.74, 6) is -9.75. The Hall–Kier alpha value is -3.08. The van der Waals surface area contributed by atoms with Crippen molar-refractivity contribution in [2.75, 3.05) is 11.9 Å². The second-order valence-electron chi connectivity index (χ2n) is 6.67. The van der Waals surface area contributed by atoms with Crippen molar-refractivity contribution in [1.82, 2.24) is 5.06 Å². The van der Waals surface area contributed by atoms with E-state index in [1.54, 1.807) is 0 Å². The number of piperidine rings is 1. The summed E-state index contributed by atoms with van der Waals surface area (Å²) in [5, 5.41) is 11.9. The molecule has 0 aromatic heterocycles. The molecule has 1 aliphatic rings. The highest BCUT2D eigenvalue weighted by molar-refractivity contribution is 6.07. The Bertz CT molecular complexity index is 977. The lowest BCUT2D eigenvalue weighted by molar-refractivity contribution is -0.178. The van der Waals surface area contributed by atoms with Crippen molar-refractivity contribution >= 4 is 17.5 Å². The molecule has 0 unspecified atom stereocenters. The number of carbonyl (C=O) groups is 2. The number of anilines is 1. The lowest BCUT2D eigenvalue weighted by atomic mass is 9.79. The highest BCUT2D eigenvalue weighted by atomic mass is 19.4. The lowest BCUT2D eigenvalue weighted by Gasteiger charge is -2.34. The van der Waals surface area contributed by atoms with E-state index in [0.29, 0.717) is 6.07 Å². The predicted octanol–water partition coefficient (Wildman–Crippen LogP) is 4.08. The van der Waals surface area contributed by atoms with Crippen LogP contribution in [0, 0.1) is 23.4 Å². The number of nitrogens with zero attached hydrogens (tertiary/aromatic N) is 1. The van der Waals surface area contributed by atoms with Gasteiger partial charge in [0.05, 0.1) is 11.3 Å². The molecular weight excluding hydrogens is 418 g/mol. The van der Waals surface area contributed by atoms with E-state index in [9.17, 15) is 41.1 Å². The number of carbonyl (C=O) groups excluding carboxylic acids is 2. The average Bonchev–Trinajstić information content (AvgIpc) is 2.69. The first-order valence-corrected chi connectivity index (χ1v) is 8.62. The van der Waals surface area contributed by atoms with E-state index in [2.05, 4.69) is 0 Å². The Morgan fingerprint density at radius 2 is 1.67 bits per heavy atom. The third-order valence-corrected chi connectivity index (χ3v) is 4.82. The molecule has 11 heteroatoms. The average molecular weight is 432 g/mol. The number of hydroxylamine groups is 2. The van der Waals surface area contributed by atoms with Gasteiger partial charge in [0.2, 0.25) is 5.91 Å². The third kappa shape index (κ3) is 4.11. The highest BCUT2D eigenvalue weighted by Gasteiger charge is 2.42. The summed E-state index contributed by atoms with van der Waals surface area (Å²) in [4.78, 5) is 25.0. The number of nitrogens with one attached hydrogen (secondary N) is 1. The van der Waals surface area contributed by atoms with Crippen LogP contribution >= 0.6 is 0 Å². The van der Waals surface area contributed by atoms with Crippen LogP contribution in [0.25, 0.3) is 0 Å². The molecule has 5 nitrogen and oxygen atoms in total. The maximum Gasteiger partial charge on any atom is 0.416 e. The molecule has 2 N–H and O–H groups in total. The van der Waals surface area contributed by atoms with Crippen molar-refractivity contribution in [2.24, 2.45) is 5.92 Å². The molecular formula is C19H14F6N2O3. The minimum atomic E-state index is -4.58. The molecule has 1 aliphatic heterocycles. The molecule has 1 fully saturated rings. The molecule has 2 atom stereocenters. The van der Waals surface area contributed by atoms with Gasteiger partial charge in [-0.3, -0.25) is 14.8 Å². The zero-order valence-electron chi connectivity index (χ0n) is 15.0. The van der Waals surface area contributed by atoms with Crippen LogP contribution in [0.15, 0.2) is 36.4 Å². The lowest BCUT2D eigenvalue weighted by Crippen LogP contribution is -2.48. The monoisotopic (exact) mass is 432 g/mol. The fourth-order valence-electron chi connectivity index (χ4n) is 3.28. The van der Waals surface area contributed by atoms with Crippen LogP contribution in [-0.2, 0) is 15.8 Å². The van der Waals surface area contributed by atoms with E-state index in [1.165, 1.54) is 0 Å². The first kappa shape index (κ1) is 21.6. The summed E-state index contributed by atoms with van der Waals surface area (Å²) in [6.07, 6.45) is -4.56. The van der Waals surface area contributed by atoms with Crippen molar-refractivity contribution in [2.45, 2.75) is 18.5 Å². The smallest absolute Gasteiger partial charge is 0.323 e. The summed E-state index contributed by atoms with van der Waals surface area (Å²) >= 11 is 0. The summed E-state index contributed by atoms with van der Waals surface area (Å²) in [6.45, 7) is -0.187. The van der Waals surface area contributed by atoms with Crippen LogP contribution in [0.2, 0.25) is 0 Å². The van der Waals surface area contributed by atoms with Gasteiger partial charge in [-0.05, 0) is 36.2 Å². The van der Waals surface area contributed by atoms with Crippen LogP contribution in [0.1, 0.15) is 23.5 Å². The number of hydrogen-bond donors (Lipinski definition) is 2. The molecule has 2 aromatic rings. The number of amides is 2. The molecule has 160 valence electrons. The first-order chi connectivity index (χ1) is 14.0. The van der Waals surface area contributed by atoms with Gasteiger partial charge in [0.15, 0.2) is 17.5 Å².